The molecular weight excluding hydrogens is 406 g/mol. The van der Waals surface area contributed by atoms with Crippen molar-refractivity contribution in [1.29, 1.82) is 0 Å². The van der Waals surface area contributed by atoms with Crippen LogP contribution in [0.2, 0.25) is 10.0 Å². The summed E-state index contributed by atoms with van der Waals surface area (Å²) in [4.78, 5) is 26.3. The number of aliphatic hydroxyl groups is 1. The van der Waals surface area contributed by atoms with E-state index >= 15 is 0 Å². The van der Waals surface area contributed by atoms with Gasteiger partial charge in [-0.05, 0) is 50.6 Å². The summed E-state index contributed by atoms with van der Waals surface area (Å²) in [6.45, 7) is 4.67. The van der Waals surface area contributed by atoms with Crippen molar-refractivity contribution in [1.82, 2.24) is 9.13 Å². The van der Waals surface area contributed by atoms with Gasteiger partial charge in [0.25, 0.3) is 5.56 Å². The van der Waals surface area contributed by atoms with Gasteiger partial charge in [-0.2, -0.15) is 0 Å². The van der Waals surface area contributed by atoms with Crippen molar-refractivity contribution in [3.8, 4) is 0 Å². The van der Waals surface area contributed by atoms with Crippen LogP contribution in [0.3, 0.4) is 0 Å². The smallest absolute Gasteiger partial charge is 0.332 e. The van der Waals surface area contributed by atoms with E-state index in [1.807, 2.05) is 0 Å². The number of halogens is 3. The van der Waals surface area contributed by atoms with Crippen LogP contribution < -0.4 is 11.2 Å². The topological polar surface area (TPSA) is 64.2 Å². The molecule has 28 heavy (non-hydrogen) atoms. The number of nitrogens with zero attached hydrogens (tertiary/aromatic N) is 2. The summed E-state index contributed by atoms with van der Waals surface area (Å²) in [5.41, 5.74) is -1.64. The van der Waals surface area contributed by atoms with E-state index in [0.29, 0.717) is 10.6 Å². The molecule has 1 unspecified atom stereocenters. The van der Waals surface area contributed by atoms with Gasteiger partial charge in [0.05, 0.1) is 34.1 Å². The maximum absolute atomic E-state index is 14.1. The Hall–Kier alpha value is -2.15. The number of benzene rings is 2. The molecule has 1 aromatic heterocycles. The zero-order valence-corrected chi connectivity index (χ0v) is 17.1. The lowest BCUT2D eigenvalue weighted by atomic mass is 10.1. The quantitative estimate of drug-likeness (QED) is 0.688. The first-order chi connectivity index (χ1) is 13.0. The first kappa shape index (κ1) is 20.6. The number of aromatic nitrogens is 2. The molecule has 0 saturated carbocycles. The maximum Gasteiger partial charge on any atom is 0.332 e. The minimum atomic E-state index is -1.25. The molecule has 148 valence electrons. The highest BCUT2D eigenvalue weighted by Gasteiger charge is 2.23. The zero-order chi connectivity index (χ0) is 20.8. The van der Waals surface area contributed by atoms with E-state index in [1.54, 1.807) is 31.2 Å². The van der Waals surface area contributed by atoms with Crippen LogP contribution in [0.25, 0.3) is 10.9 Å². The minimum Gasteiger partial charge on any atom is -0.389 e. The summed E-state index contributed by atoms with van der Waals surface area (Å²) in [5, 5.41) is 10.6. The van der Waals surface area contributed by atoms with Crippen molar-refractivity contribution in [2.24, 2.45) is 0 Å². The lowest BCUT2D eigenvalue weighted by Gasteiger charge is -2.23. The van der Waals surface area contributed by atoms with Crippen LogP contribution >= 0.6 is 23.2 Å². The van der Waals surface area contributed by atoms with Gasteiger partial charge >= 0.3 is 5.69 Å². The van der Waals surface area contributed by atoms with E-state index in [1.165, 1.54) is 24.5 Å². The first-order valence-corrected chi connectivity index (χ1v) is 9.37. The molecule has 0 aliphatic rings. The molecule has 3 rings (SSSR count). The van der Waals surface area contributed by atoms with Crippen molar-refractivity contribution >= 4 is 34.1 Å². The number of hydrogen-bond donors (Lipinski definition) is 1. The third-order valence-corrected chi connectivity index (χ3v) is 5.04. The average molecular weight is 425 g/mol. The van der Waals surface area contributed by atoms with E-state index in [0.717, 1.165) is 10.6 Å². The van der Waals surface area contributed by atoms with Gasteiger partial charge in [0.15, 0.2) is 0 Å². The molecule has 3 aromatic rings. The fourth-order valence-corrected chi connectivity index (χ4v) is 3.44. The fraction of sp³-hybridized carbons (Fsp3) is 0.300. The summed E-state index contributed by atoms with van der Waals surface area (Å²) in [5.74, 6) is -0.759. The zero-order valence-electron chi connectivity index (χ0n) is 15.5. The van der Waals surface area contributed by atoms with Gasteiger partial charge < -0.3 is 5.11 Å². The highest BCUT2D eigenvalue weighted by atomic mass is 35.5. The highest BCUT2D eigenvalue weighted by Crippen LogP contribution is 2.23. The van der Waals surface area contributed by atoms with E-state index in [2.05, 4.69) is 0 Å². The van der Waals surface area contributed by atoms with E-state index in [-0.39, 0.29) is 22.5 Å². The van der Waals surface area contributed by atoms with Crippen molar-refractivity contribution in [2.75, 3.05) is 0 Å². The van der Waals surface area contributed by atoms with Crippen molar-refractivity contribution < 1.29 is 9.50 Å². The van der Waals surface area contributed by atoms with Crippen LogP contribution in [0, 0.1) is 5.82 Å². The molecular formula is C20H19Cl2FN2O3. The monoisotopic (exact) mass is 424 g/mol. The predicted molar refractivity (Wildman–Crippen MR) is 109 cm³/mol. The molecule has 0 bridgehead atoms. The predicted octanol–water partition coefficient (Wildman–Crippen LogP) is 3.99. The van der Waals surface area contributed by atoms with Crippen LogP contribution in [0.1, 0.15) is 32.4 Å². The van der Waals surface area contributed by atoms with Gasteiger partial charge in [0.2, 0.25) is 0 Å². The van der Waals surface area contributed by atoms with Crippen LogP contribution in [0.5, 0.6) is 0 Å². The van der Waals surface area contributed by atoms with Gasteiger partial charge in [-0.1, -0.05) is 35.3 Å². The fourth-order valence-electron chi connectivity index (χ4n) is 3.15. The molecule has 0 radical (unpaired) electrons. The van der Waals surface area contributed by atoms with Crippen molar-refractivity contribution in [2.45, 2.75) is 39.0 Å². The van der Waals surface area contributed by atoms with E-state index in [4.69, 9.17) is 23.2 Å². The van der Waals surface area contributed by atoms with Crippen LogP contribution in [0.15, 0.2) is 46.0 Å². The largest absolute Gasteiger partial charge is 0.389 e. The Morgan fingerprint density at radius 3 is 2.32 bits per heavy atom. The van der Waals surface area contributed by atoms with Gasteiger partial charge in [0.1, 0.15) is 5.82 Å². The van der Waals surface area contributed by atoms with Crippen LogP contribution in [0.4, 0.5) is 4.39 Å². The Kier molecular flexibility index (Phi) is 5.40. The molecule has 8 heteroatoms. The Morgan fingerprint density at radius 2 is 1.75 bits per heavy atom. The number of rotatable bonds is 4. The van der Waals surface area contributed by atoms with Crippen molar-refractivity contribution in [3.05, 3.63) is 78.7 Å². The molecule has 1 heterocycles. The molecule has 0 fully saturated rings. The Balaban J connectivity index is 2.37. The van der Waals surface area contributed by atoms with Crippen LogP contribution in [-0.2, 0) is 6.54 Å². The normalized spacial score (nSPS) is 13.1. The Morgan fingerprint density at radius 1 is 1.14 bits per heavy atom. The summed E-state index contributed by atoms with van der Waals surface area (Å²) < 4.78 is 16.4. The lowest BCUT2D eigenvalue weighted by Crippen LogP contribution is -2.44. The molecule has 0 amide bonds. The Bertz CT molecular complexity index is 1160. The lowest BCUT2D eigenvalue weighted by molar-refractivity contribution is 0.0609. The molecule has 0 saturated heterocycles. The molecule has 0 aliphatic carbocycles. The van der Waals surface area contributed by atoms with Gasteiger partial charge in [-0.15, -0.1) is 0 Å². The van der Waals surface area contributed by atoms with Gasteiger partial charge in [-0.3, -0.25) is 13.9 Å². The van der Waals surface area contributed by atoms with Crippen LogP contribution in [-0.4, -0.2) is 19.8 Å². The molecule has 2 aromatic carbocycles. The standard InChI is InChI=1S/C20H19Cl2FN2O3/c1-11(12-4-6-13(21)7-5-12)25-18(26)14-8-16(23)15(22)9-17(14)24(19(25)27)10-20(2,3)28/h4-9,11,28H,10H2,1-3H3. The summed E-state index contributed by atoms with van der Waals surface area (Å²) in [6.07, 6.45) is 0. The SMILES string of the molecule is CC(c1ccc(Cl)cc1)n1c(=O)c2cc(F)c(Cl)cc2n(CC(C)(C)O)c1=O. The second-order valence-corrected chi connectivity index (χ2v) is 8.21. The summed E-state index contributed by atoms with van der Waals surface area (Å²) in [7, 11) is 0. The third kappa shape index (κ3) is 3.85. The number of fused-ring (bicyclic) bond motifs is 1. The summed E-state index contributed by atoms with van der Waals surface area (Å²) >= 11 is 11.8. The van der Waals surface area contributed by atoms with Crippen molar-refractivity contribution in [3.63, 3.8) is 0 Å². The molecule has 1 atom stereocenters. The minimum absolute atomic E-state index is 0.00608. The second kappa shape index (κ2) is 7.35. The number of hydrogen-bond acceptors (Lipinski definition) is 3. The summed E-state index contributed by atoms with van der Waals surface area (Å²) in [6, 6.07) is 8.37. The molecule has 1 N–H and O–H groups in total. The highest BCUT2D eigenvalue weighted by molar-refractivity contribution is 6.31. The second-order valence-electron chi connectivity index (χ2n) is 7.37. The maximum atomic E-state index is 14.1. The van der Waals surface area contributed by atoms with Gasteiger partial charge in [0, 0.05) is 5.02 Å². The van der Waals surface area contributed by atoms with E-state index in [9.17, 15) is 19.1 Å². The molecule has 0 aliphatic heterocycles. The van der Waals surface area contributed by atoms with Gasteiger partial charge in [-0.25, -0.2) is 9.18 Å². The molecule has 5 nitrogen and oxygen atoms in total. The molecule has 0 spiro atoms. The van der Waals surface area contributed by atoms with E-state index < -0.39 is 28.7 Å². The first-order valence-electron chi connectivity index (χ1n) is 8.61. The average Bonchev–Trinajstić information content (AvgIpc) is 2.60. The Labute approximate surface area is 170 Å². The third-order valence-electron chi connectivity index (χ3n) is 4.50.